The Bertz CT molecular complexity index is 855. The third-order valence-electron chi connectivity index (χ3n) is 4.32. The van der Waals surface area contributed by atoms with Crippen LogP contribution in [0, 0.1) is 0 Å². The molecule has 1 atom stereocenters. The molecule has 0 saturated carbocycles. The second-order valence-corrected chi connectivity index (χ2v) is 8.45. The monoisotopic (exact) mass is 423 g/mol. The Morgan fingerprint density at radius 2 is 1.82 bits per heavy atom. The summed E-state index contributed by atoms with van der Waals surface area (Å²) in [5, 5.41) is 6.46. The number of esters is 2. The van der Waals surface area contributed by atoms with Gasteiger partial charge in [0.25, 0.3) is 0 Å². The molecule has 1 aromatic rings. The topological polar surface area (TPSA) is 80.7 Å². The summed E-state index contributed by atoms with van der Waals surface area (Å²) < 4.78 is 14.4. The molecule has 2 aliphatic rings. The van der Waals surface area contributed by atoms with E-state index in [2.05, 4.69) is 5.10 Å². The second-order valence-electron chi connectivity index (χ2n) is 5.85. The van der Waals surface area contributed by atoms with Crippen molar-refractivity contribution in [1.29, 1.82) is 0 Å². The van der Waals surface area contributed by atoms with Gasteiger partial charge in [0.2, 0.25) is 9.37 Å². The molecule has 0 bridgehead atoms. The van der Waals surface area contributed by atoms with Crippen molar-refractivity contribution >= 4 is 46.2 Å². The van der Waals surface area contributed by atoms with Crippen molar-refractivity contribution < 1.29 is 23.8 Å². The van der Waals surface area contributed by atoms with E-state index in [-0.39, 0.29) is 11.7 Å². The zero-order valence-corrected chi connectivity index (χ0v) is 17.8. The third-order valence-corrected chi connectivity index (χ3v) is 7.35. The van der Waals surface area contributed by atoms with Crippen molar-refractivity contribution in [2.45, 2.75) is 18.2 Å². The van der Waals surface area contributed by atoms with E-state index in [1.807, 2.05) is 43.1 Å². The molecule has 150 valence electrons. The van der Waals surface area contributed by atoms with Gasteiger partial charge in [-0.25, -0.2) is 14.6 Å². The Morgan fingerprint density at radius 1 is 1.14 bits per heavy atom. The first-order valence-corrected chi connectivity index (χ1v) is 10.1. The lowest BCUT2D eigenvalue weighted by molar-refractivity contribution is -0.135. The molecule has 8 nitrogen and oxygen atoms in total. The Labute approximate surface area is 171 Å². The molecule has 3 rings (SSSR count). The van der Waals surface area contributed by atoms with Crippen molar-refractivity contribution in [3.63, 3.8) is 0 Å². The number of rotatable bonds is 5. The zero-order chi connectivity index (χ0) is 20.5. The summed E-state index contributed by atoms with van der Waals surface area (Å²) in [7, 11) is 4.79. The van der Waals surface area contributed by atoms with Crippen molar-refractivity contribution in [3.05, 3.63) is 34.9 Å². The van der Waals surface area contributed by atoms with Gasteiger partial charge in [0.1, 0.15) is 10.7 Å². The predicted octanol–water partition coefficient (Wildman–Crippen LogP) is 2.82. The maximum Gasteiger partial charge on any atom is 0.365 e. The Kier molecular flexibility index (Phi) is 5.80. The number of allylic oxidation sites excluding steroid dienone is 1. The highest BCUT2D eigenvalue weighted by atomic mass is 32.2. The maximum atomic E-state index is 12.4. The number of thioether (sulfide) groups is 2. The molecule has 0 saturated heterocycles. The van der Waals surface area contributed by atoms with Crippen molar-refractivity contribution in [3.8, 4) is 5.75 Å². The number of carbonyl (C=O) groups is 2. The van der Waals surface area contributed by atoms with E-state index in [4.69, 9.17) is 14.2 Å². The molecule has 2 aliphatic heterocycles. The summed E-state index contributed by atoms with van der Waals surface area (Å²) in [5.41, 5.74) is 1.48. The molecule has 1 spiro atoms. The lowest BCUT2D eigenvalue weighted by Crippen LogP contribution is -2.47. The van der Waals surface area contributed by atoms with Crippen LogP contribution in [0.4, 0.5) is 5.69 Å². The van der Waals surface area contributed by atoms with Gasteiger partial charge < -0.3 is 19.1 Å². The van der Waals surface area contributed by atoms with Crippen LogP contribution in [0.15, 0.2) is 40.0 Å². The molecular weight excluding hydrogens is 402 g/mol. The molecule has 0 unspecified atom stereocenters. The van der Waals surface area contributed by atoms with Crippen LogP contribution in [0.3, 0.4) is 0 Å². The van der Waals surface area contributed by atoms with Crippen LogP contribution >= 0.6 is 23.5 Å². The van der Waals surface area contributed by atoms with Gasteiger partial charge in [-0.1, -0.05) is 11.8 Å². The summed E-state index contributed by atoms with van der Waals surface area (Å²) in [6, 6.07) is 7.32. The van der Waals surface area contributed by atoms with Gasteiger partial charge in [-0.15, -0.1) is 0 Å². The van der Waals surface area contributed by atoms with Gasteiger partial charge in [0, 0.05) is 12.7 Å². The van der Waals surface area contributed by atoms with E-state index in [1.54, 1.807) is 19.0 Å². The first-order chi connectivity index (χ1) is 13.4. The fourth-order valence-corrected chi connectivity index (χ4v) is 5.66. The van der Waals surface area contributed by atoms with Crippen LogP contribution in [-0.4, -0.2) is 54.1 Å². The minimum Gasteiger partial charge on any atom is -0.497 e. The minimum absolute atomic E-state index is 0.218. The summed E-state index contributed by atoms with van der Waals surface area (Å²) in [6.07, 6.45) is 0. The van der Waals surface area contributed by atoms with Gasteiger partial charge in [-0.3, -0.25) is 0 Å². The standard InChI is InChI=1S/C18H21N3O5S2/c1-6-26-17(23)15-19-21(12-7-9-13(24-4)10-8-12)18(28-15)20(3)11(2)14(27-18)16(22)25-5/h7-10H,6H2,1-5H3/t18-/m0/s1. The van der Waals surface area contributed by atoms with E-state index < -0.39 is 16.3 Å². The number of ether oxygens (including phenoxy) is 3. The SMILES string of the molecule is CCOC(=O)C1=NN(c2ccc(OC)cc2)[C@]2(S1)SC(C(=O)OC)=C(C)N2C. The predicted molar refractivity (Wildman–Crippen MR) is 110 cm³/mol. The third kappa shape index (κ3) is 3.30. The molecule has 2 heterocycles. The van der Waals surface area contributed by atoms with Gasteiger partial charge >= 0.3 is 11.9 Å². The average molecular weight is 424 g/mol. The van der Waals surface area contributed by atoms with Crippen LogP contribution in [0.2, 0.25) is 0 Å². The quantitative estimate of drug-likeness (QED) is 0.664. The highest BCUT2D eigenvalue weighted by Gasteiger charge is 2.56. The number of anilines is 1. The number of methoxy groups -OCH3 is 2. The van der Waals surface area contributed by atoms with Crippen LogP contribution in [0.5, 0.6) is 5.75 Å². The molecule has 0 fully saturated rings. The van der Waals surface area contributed by atoms with Crippen LogP contribution in [0.25, 0.3) is 0 Å². The van der Waals surface area contributed by atoms with Gasteiger partial charge in [0.05, 0.1) is 26.5 Å². The minimum atomic E-state index is -0.885. The van der Waals surface area contributed by atoms with Crippen LogP contribution in [-0.2, 0) is 19.1 Å². The van der Waals surface area contributed by atoms with E-state index in [0.717, 1.165) is 11.4 Å². The fraction of sp³-hybridized carbons (Fsp3) is 0.389. The largest absolute Gasteiger partial charge is 0.497 e. The maximum absolute atomic E-state index is 12.4. The van der Waals surface area contributed by atoms with E-state index in [9.17, 15) is 9.59 Å². The van der Waals surface area contributed by atoms with Crippen LogP contribution < -0.4 is 9.75 Å². The number of nitrogens with zero attached hydrogens (tertiary/aromatic N) is 3. The van der Waals surface area contributed by atoms with E-state index in [1.165, 1.54) is 30.6 Å². The molecule has 0 amide bonds. The second kappa shape index (κ2) is 7.96. The Hall–Kier alpha value is -2.33. The van der Waals surface area contributed by atoms with Gasteiger partial charge in [0.15, 0.2) is 0 Å². The summed E-state index contributed by atoms with van der Waals surface area (Å²) in [4.78, 5) is 27.0. The van der Waals surface area contributed by atoms with Crippen molar-refractivity contribution in [2.24, 2.45) is 5.10 Å². The molecule has 10 heteroatoms. The molecule has 0 N–H and O–H groups in total. The van der Waals surface area contributed by atoms with E-state index in [0.29, 0.717) is 10.7 Å². The summed E-state index contributed by atoms with van der Waals surface area (Å²) in [5.74, 6) is -0.219. The van der Waals surface area contributed by atoms with Crippen LogP contribution in [0.1, 0.15) is 13.8 Å². The molecule has 0 aromatic heterocycles. The number of hydrogen-bond acceptors (Lipinski definition) is 10. The fourth-order valence-electron chi connectivity index (χ4n) is 2.76. The lowest BCUT2D eigenvalue weighted by atomic mass is 10.3. The molecule has 0 aliphatic carbocycles. The van der Waals surface area contributed by atoms with Crippen molar-refractivity contribution in [1.82, 2.24) is 4.90 Å². The number of hydrogen-bond donors (Lipinski definition) is 0. The normalized spacial score (nSPS) is 21.2. The molecule has 1 aromatic carbocycles. The smallest absolute Gasteiger partial charge is 0.365 e. The first kappa shape index (κ1) is 20.4. The Morgan fingerprint density at radius 3 is 2.39 bits per heavy atom. The average Bonchev–Trinajstić information content (AvgIpc) is 3.22. The van der Waals surface area contributed by atoms with E-state index >= 15 is 0 Å². The number of hydrazone groups is 1. The molecular formula is C18H21N3O5S2. The molecule has 0 radical (unpaired) electrons. The summed E-state index contributed by atoms with van der Waals surface area (Å²) >= 11 is 2.52. The Balaban J connectivity index is 2.03. The summed E-state index contributed by atoms with van der Waals surface area (Å²) in [6.45, 7) is 3.83. The first-order valence-electron chi connectivity index (χ1n) is 8.49. The van der Waals surface area contributed by atoms with Gasteiger partial charge in [-0.2, -0.15) is 5.10 Å². The number of benzene rings is 1. The van der Waals surface area contributed by atoms with Gasteiger partial charge in [-0.05, 0) is 49.9 Å². The highest BCUT2D eigenvalue weighted by Crippen LogP contribution is 2.58. The lowest BCUT2D eigenvalue weighted by Gasteiger charge is -2.39. The van der Waals surface area contributed by atoms with Crippen molar-refractivity contribution in [2.75, 3.05) is 32.9 Å². The zero-order valence-electron chi connectivity index (χ0n) is 16.2. The number of carbonyl (C=O) groups excluding carboxylic acids is 2. The molecule has 28 heavy (non-hydrogen) atoms. The highest BCUT2D eigenvalue weighted by molar-refractivity contribution is 8.28.